The molecule has 0 bridgehead atoms. The maximum absolute atomic E-state index is 12.3. The second kappa shape index (κ2) is 5.25. The van der Waals surface area contributed by atoms with E-state index in [1.807, 2.05) is 6.07 Å². The summed E-state index contributed by atoms with van der Waals surface area (Å²) in [7, 11) is 0. The molecule has 1 aliphatic heterocycles. The molecule has 0 unspecified atom stereocenters. The van der Waals surface area contributed by atoms with Gasteiger partial charge in [-0.25, -0.2) is 0 Å². The Kier molecular flexibility index (Phi) is 3.44. The lowest BCUT2D eigenvalue weighted by atomic mass is 9.91. The van der Waals surface area contributed by atoms with Crippen LogP contribution in [0.5, 0.6) is 0 Å². The Bertz CT molecular complexity index is 556. The minimum Gasteiger partial charge on any atom is -0.348 e. The van der Waals surface area contributed by atoms with Crippen LogP contribution in [0.25, 0.3) is 0 Å². The summed E-state index contributed by atoms with van der Waals surface area (Å²) in [4.78, 5) is 23.6. The molecule has 0 spiro atoms. The highest BCUT2D eigenvalue weighted by atomic mass is 16.2. The summed E-state index contributed by atoms with van der Waals surface area (Å²) < 4.78 is 0. The minimum atomic E-state index is -0.115. The summed E-state index contributed by atoms with van der Waals surface area (Å²) in [5, 5.41) is 5.77. The Morgan fingerprint density at radius 2 is 2.10 bits per heavy atom. The van der Waals surface area contributed by atoms with Crippen molar-refractivity contribution >= 4 is 17.5 Å². The lowest BCUT2D eigenvalue weighted by molar-refractivity contribution is -0.115. The van der Waals surface area contributed by atoms with E-state index in [0.717, 1.165) is 36.9 Å². The van der Waals surface area contributed by atoms with E-state index in [9.17, 15) is 9.59 Å². The third-order valence-electron chi connectivity index (χ3n) is 4.13. The number of carbonyl (C=O) groups excluding carboxylic acids is 2. The predicted octanol–water partition coefficient (Wildman–Crippen LogP) is 1.18. The van der Waals surface area contributed by atoms with Crippen molar-refractivity contribution in [2.75, 3.05) is 5.32 Å². The molecule has 5 nitrogen and oxygen atoms in total. The van der Waals surface area contributed by atoms with E-state index in [1.54, 1.807) is 12.1 Å². The molecule has 1 aromatic carbocycles. The van der Waals surface area contributed by atoms with Gasteiger partial charge >= 0.3 is 0 Å². The molecular formula is C15H19N3O2. The first-order valence-corrected chi connectivity index (χ1v) is 7.13. The molecule has 2 aliphatic rings. The Hall–Kier alpha value is -1.88. The summed E-state index contributed by atoms with van der Waals surface area (Å²) in [5.41, 5.74) is 8.31. The molecule has 106 valence electrons. The van der Waals surface area contributed by atoms with Crippen LogP contribution in [0.4, 0.5) is 5.69 Å². The number of amides is 2. The number of hydrogen-bond donors (Lipinski definition) is 3. The van der Waals surface area contributed by atoms with Gasteiger partial charge in [0.2, 0.25) is 5.91 Å². The highest BCUT2D eigenvalue weighted by molar-refractivity contribution is 6.02. The van der Waals surface area contributed by atoms with Gasteiger partial charge in [-0.2, -0.15) is 0 Å². The van der Waals surface area contributed by atoms with Crippen LogP contribution < -0.4 is 16.4 Å². The molecule has 3 rings (SSSR count). The predicted molar refractivity (Wildman–Crippen MR) is 76.5 cm³/mol. The van der Waals surface area contributed by atoms with Gasteiger partial charge in [0.25, 0.3) is 5.91 Å². The summed E-state index contributed by atoms with van der Waals surface area (Å²) in [5.74, 6) is -0.136. The van der Waals surface area contributed by atoms with Crippen LogP contribution in [-0.2, 0) is 11.2 Å². The molecule has 0 saturated heterocycles. The molecule has 1 fully saturated rings. The van der Waals surface area contributed by atoms with Crippen molar-refractivity contribution in [3.8, 4) is 0 Å². The maximum atomic E-state index is 12.3. The molecule has 1 aliphatic carbocycles. The van der Waals surface area contributed by atoms with Crippen LogP contribution in [0, 0.1) is 0 Å². The first-order valence-electron chi connectivity index (χ1n) is 7.13. The lowest BCUT2D eigenvalue weighted by Crippen LogP contribution is -2.49. The van der Waals surface area contributed by atoms with Crippen molar-refractivity contribution in [3.05, 3.63) is 29.3 Å². The normalized spacial score (nSPS) is 24.9. The SMILES string of the molecule is N[C@@H]1CCCC[C@H]1NC(=O)c1ccc2c(c1)NC(=O)C2. The number of benzene rings is 1. The van der Waals surface area contributed by atoms with E-state index in [2.05, 4.69) is 10.6 Å². The highest BCUT2D eigenvalue weighted by Gasteiger charge is 2.24. The van der Waals surface area contributed by atoms with Gasteiger partial charge in [0, 0.05) is 23.3 Å². The van der Waals surface area contributed by atoms with Crippen molar-refractivity contribution in [1.82, 2.24) is 5.32 Å². The number of nitrogens with one attached hydrogen (secondary N) is 2. The lowest BCUT2D eigenvalue weighted by Gasteiger charge is -2.29. The largest absolute Gasteiger partial charge is 0.348 e. The first kappa shape index (κ1) is 13.1. The third kappa shape index (κ3) is 2.54. The standard InChI is InChI=1S/C15H19N3O2/c16-11-3-1-2-4-12(11)18-15(20)10-6-5-9-8-14(19)17-13(9)7-10/h5-7,11-12H,1-4,8,16H2,(H,17,19)(H,18,20)/t11-,12-/m1/s1. The number of hydrogen-bond acceptors (Lipinski definition) is 3. The zero-order valence-corrected chi connectivity index (χ0v) is 11.3. The van der Waals surface area contributed by atoms with Gasteiger partial charge < -0.3 is 16.4 Å². The molecule has 1 heterocycles. The summed E-state index contributed by atoms with van der Waals surface area (Å²) in [6, 6.07) is 5.44. The van der Waals surface area contributed by atoms with Gasteiger partial charge in [-0.05, 0) is 30.5 Å². The topological polar surface area (TPSA) is 84.2 Å². The molecule has 1 aromatic rings. The fraction of sp³-hybridized carbons (Fsp3) is 0.467. The zero-order chi connectivity index (χ0) is 14.1. The Labute approximate surface area is 117 Å². The van der Waals surface area contributed by atoms with Gasteiger partial charge in [0.15, 0.2) is 0 Å². The highest BCUT2D eigenvalue weighted by Crippen LogP contribution is 2.24. The van der Waals surface area contributed by atoms with Gasteiger partial charge in [-0.15, -0.1) is 0 Å². The maximum Gasteiger partial charge on any atom is 0.251 e. The quantitative estimate of drug-likeness (QED) is 0.756. The smallest absolute Gasteiger partial charge is 0.251 e. The van der Waals surface area contributed by atoms with Crippen molar-refractivity contribution in [1.29, 1.82) is 0 Å². The molecule has 2 atom stereocenters. The van der Waals surface area contributed by atoms with E-state index < -0.39 is 0 Å². The number of rotatable bonds is 2. The molecule has 1 saturated carbocycles. The van der Waals surface area contributed by atoms with Crippen LogP contribution in [0.15, 0.2) is 18.2 Å². The second-order valence-electron chi connectivity index (χ2n) is 5.63. The molecular weight excluding hydrogens is 254 g/mol. The molecule has 20 heavy (non-hydrogen) atoms. The monoisotopic (exact) mass is 273 g/mol. The number of carbonyl (C=O) groups is 2. The molecule has 5 heteroatoms. The number of fused-ring (bicyclic) bond motifs is 1. The number of anilines is 1. The molecule has 2 amide bonds. The summed E-state index contributed by atoms with van der Waals surface area (Å²) >= 11 is 0. The summed E-state index contributed by atoms with van der Waals surface area (Å²) in [6.45, 7) is 0. The first-order chi connectivity index (χ1) is 9.63. The average Bonchev–Trinajstić information content (AvgIpc) is 2.80. The fourth-order valence-corrected chi connectivity index (χ4v) is 2.95. The Morgan fingerprint density at radius 3 is 2.90 bits per heavy atom. The van der Waals surface area contributed by atoms with Crippen LogP contribution in [0.3, 0.4) is 0 Å². The van der Waals surface area contributed by atoms with Gasteiger partial charge in [0.1, 0.15) is 0 Å². The third-order valence-corrected chi connectivity index (χ3v) is 4.13. The van der Waals surface area contributed by atoms with E-state index in [-0.39, 0.29) is 23.9 Å². The van der Waals surface area contributed by atoms with Gasteiger partial charge in [-0.3, -0.25) is 9.59 Å². The van der Waals surface area contributed by atoms with E-state index in [4.69, 9.17) is 5.73 Å². The van der Waals surface area contributed by atoms with Crippen LogP contribution in [0.2, 0.25) is 0 Å². The second-order valence-corrected chi connectivity index (χ2v) is 5.63. The van der Waals surface area contributed by atoms with Crippen LogP contribution >= 0.6 is 0 Å². The molecule has 0 radical (unpaired) electrons. The van der Waals surface area contributed by atoms with Crippen molar-refractivity contribution in [2.24, 2.45) is 5.73 Å². The molecule has 0 aromatic heterocycles. The average molecular weight is 273 g/mol. The van der Waals surface area contributed by atoms with Gasteiger partial charge in [-0.1, -0.05) is 18.9 Å². The Morgan fingerprint density at radius 1 is 1.30 bits per heavy atom. The molecule has 4 N–H and O–H groups in total. The van der Waals surface area contributed by atoms with Crippen LogP contribution in [0.1, 0.15) is 41.6 Å². The Balaban J connectivity index is 1.71. The van der Waals surface area contributed by atoms with Crippen molar-refractivity contribution in [3.63, 3.8) is 0 Å². The fourth-order valence-electron chi connectivity index (χ4n) is 2.95. The zero-order valence-electron chi connectivity index (χ0n) is 11.3. The van der Waals surface area contributed by atoms with E-state index in [1.165, 1.54) is 0 Å². The summed E-state index contributed by atoms with van der Waals surface area (Å²) in [6.07, 6.45) is 4.54. The minimum absolute atomic E-state index is 0.0214. The van der Waals surface area contributed by atoms with Crippen molar-refractivity contribution in [2.45, 2.75) is 44.2 Å². The van der Waals surface area contributed by atoms with E-state index in [0.29, 0.717) is 12.0 Å². The van der Waals surface area contributed by atoms with Crippen molar-refractivity contribution < 1.29 is 9.59 Å². The van der Waals surface area contributed by atoms with Gasteiger partial charge in [0.05, 0.1) is 6.42 Å². The number of nitrogens with two attached hydrogens (primary N) is 1. The van der Waals surface area contributed by atoms with Crippen LogP contribution in [-0.4, -0.2) is 23.9 Å². The van der Waals surface area contributed by atoms with E-state index >= 15 is 0 Å².